The zero-order valence-electron chi connectivity index (χ0n) is 11.0. The second-order valence-electron chi connectivity index (χ2n) is 4.55. The highest BCUT2D eigenvalue weighted by molar-refractivity contribution is 5.53. The van der Waals surface area contributed by atoms with Crippen molar-refractivity contribution in [3.63, 3.8) is 0 Å². The van der Waals surface area contributed by atoms with Crippen LogP contribution in [0.3, 0.4) is 0 Å². The van der Waals surface area contributed by atoms with E-state index in [1.54, 1.807) is 13.1 Å². The summed E-state index contributed by atoms with van der Waals surface area (Å²) in [5.74, 6) is 0.998. The molecule has 1 unspecified atom stereocenters. The Balaban J connectivity index is 2.24. The number of rotatable bonds is 4. The fourth-order valence-corrected chi connectivity index (χ4v) is 2.03. The fraction of sp³-hybridized carbons (Fsp3) is 0.357. The van der Waals surface area contributed by atoms with Crippen LogP contribution in [-0.4, -0.2) is 21.7 Å². The number of aromatic nitrogens is 2. The number of anilines is 1. The number of aliphatic hydroxyl groups is 1. The molecule has 0 saturated heterocycles. The van der Waals surface area contributed by atoms with E-state index in [0.717, 1.165) is 17.1 Å². The Morgan fingerprint density at radius 3 is 2.72 bits per heavy atom. The van der Waals surface area contributed by atoms with Gasteiger partial charge in [0.15, 0.2) is 0 Å². The predicted molar refractivity (Wildman–Crippen MR) is 72.4 cm³/mol. The van der Waals surface area contributed by atoms with Gasteiger partial charge in [-0.2, -0.15) is 0 Å². The number of benzene rings is 1. The van der Waals surface area contributed by atoms with Gasteiger partial charge >= 0.3 is 0 Å². The Bertz CT molecular complexity index is 519. The van der Waals surface area contributed by atoms with E-state index in [1.165, 1.54) is 0 Å². The van der Waals surface area contributed by atoms with Gasteiger partial charge in [-0.25, -0.2) is 4.98 Å². The van der Waals surface area contributed by atoms with E-state index in [1.807, 2.05) is 49.1 Å². The third-order valence-electron chi connectivity index (χ3n) is 3.10. The SMILES string of the molecule is CC(O)c1ccccc1N(C)Cc1nccn1C. The summed E-state index contributed by atoms with van der Waals surface area (Å²) in [6, 6.07) is 7.90. The van der Waals surface area contributed by atoms with Crippen LogP contribution in [-0.2, 0) is 13.6 Å². The maximum Gasteiger partial charge on any atom is 0.127 e. The molecule has 2 aromatic rings. The number of aliphatic hydroxyl groups excluding tert-OH is 1. The van der Waals surface area contributed by atoms with Crippen LogP contribution in [0.5, 0.6) is 0 Å². The lowest BCUT2D eigenvalue weighted by atomic mass is 10.1. The summed E-state index contributed by atoms with van der Waals surface area (Å²) in [5.41, 5.74) is 1.98. The van der Waals surface area contributed by atoms with E-state index in [-0.39, 0.29) is 0 Å². The number of imidazole rings is 1. The molecule has 1 heterocycles. The van der Waals surface area contributed by atoms with E-state index >= 15 is 0 Å². The molecule has 1 N–H and O–H groups in total. The highest BCUT2D eigenvalue weighted by Gasteiger charge is 2.12. The third-order valence-corrected chi connectivity index (χ3v) is 3.10. The van der Waals surface area contributed by atoms with Gasteiger partial charge in [0.05, 0.1) is 12.6 Å². The zero-order valence-corrected chi connectivity index (χ0v) is 11.0. The van der Waals surface area contributed by atoms with Crippen LogP contribution >= 0.6 is 0 Å². The summed E-state index contributed by atoms with van der Waals surface area (Å²) in [6.45, 7) is 2.50. The summed E-state index contributed by atoms with van der Waals surface area (Å²) in [4.78, 5) is 6.42. The molecule has 96 valence electrons. The smallest absolute Gasteiger partial charge is 0.127 e. The Labute approximate surface area is 108 Å². The van der Waals surface area contributed by atoms with Gasteiger partial charge in [0.1, 0.15) is 5.82 Å². The molecule has 0 saturated carbocycles. The molecule has 1 aromatic carbocycles. The van der Waals surface area contributed by atoms with Gasteiger partial charge in [-0.05, 0) is 13.0 Å². The molecular weight excluding hydrogens is 226 g/mol. The van der Waals surface area contributed by atoms with Crippen molar-refractivity contribution in [2.75, 3.05) is 11.9 Å². The van der Waals surface area contributed by atoms with Crippen molar-refractivity contribution in [3.8, 4) is 0 Å². The number of nitrogens with zero attached hydrogens (tertiary/aromatic N) is 3. The van der Waals surface area contributed by atoms with Gasteiger partial charge in [-0.3, -0.25) is 0 Å². The van der Waals surface area contributed by atoms with E-state index in [2.05, 4.69) is 9.88 Å². The van der Waals surface area contributed by atoms with Crippen molar-refractivity contribution in [2.45, 2.75) is 19.6 Å². The highest BCUT2D eigenvalue weighted by Crippen LogP contribution is 2.25. The van der Waals surface area contributed by atoms with E-state index in [0.29, 0.717) is 6.54 Å². The van der Waals surface area contributed by atoms with Crippen molar-refractivity contribution in [1.29, 1.82) is 0 Å². The molecule has 0 aliphatic heterocycles. The van der Waals surface area contributed by atoms with Crippen LogP contribution in [0.15, 0.2) is 36.7 Å². The first kappa shape index (κ1) is 12.6. The van der Waals surface area contributed by atoms with Crippen LogP contribution in [0.1, 0.15) is 24.4 Å². The molecule has 0 amide bonds. The number of para-hydroxylation sites is 1. The van der Waals surface area contributed by atoms with E-state index in [9.17, 15) is 5.11 Å². The minimum atomic E-state index is -0.468. The summed E-state index contributed by atoms with van der Waals surface area (Å²) in [6.07, 6.45) is 3.26. The predicted octanol–water partition coefficient (Wildman–Crippen LogP) is 2.11. The molecule has 0 radical (unpaired) electrons. The third kappa shape index (κ3) is 2.54. The second kappa shape index (κ2) is 5.23. The normalized spacial score (nSPS) is 12.4. The lowest BCUT2D eigenvalue weighted by Gasteiger charge is -2.23. The molecule has 0 spiro atoms. The van der Waals surface area contributed by atoms with E-state index in [4.69, 9.17) is 0 Å². The molecular formula is C14H19N3O. The van der Waals surface area contributed by atoms with Gasteiger partial charge in [-0.15, -0.1) is 0 Å². The molecule has 4 heteroatoms. The second-order valence-corrected chi connectivity index (χ2v) is 4.55. The topological polar surface area (TPSA) is 41.3 Å². The maximum absolute atomic E-state index is 9.79. The van der Waals surface area contributed by atoms with Crippen molar-refractivity contribution in [1.82, 2.24) is 9.55 Å². The zero-order chi connectivity index (χ0) is 13.1. The van der Waals surface area contributed by atoms with Gasteiger partial charge in [-0.1, -0.05) is 18.2 Å². The summed E-state index contributed by atoms with van der Waals surface area (Å²) in [5, 5.41) is 9.79. The first-order valence-corrected chi connectivity index (χ1v) is 6.04. The highest BCUT2D eigenvalue weighted by atomic mass is 16.3. The first-order chi connectivity index (χ1) is 8.59. The van der Waals surface area contributed by atoms with Gasteiger partial charge in [0.25, 0.3) is 0 Å². The quantitative estimate of drug-likeness (QED) is 0.897. The summed E-state index contributed by atoms with van der Waals surface area (Å²) in [7, 11) is 3.99. The molecule has 0 bridgehead atoms. The Hall–Kier alpha value is -1.81. The lowest BCUT2D eigenvalue weighted by Crippen LogP contribution is -2.20. The van der Waals surface area contributed by atoms with Gasteiger partial charge < -0.3 is 14.6 Å². The van der Waals surface area contributed by atoms with Crippen LogP contribution in [0, 0.1) is 0 Å². The number of aryl methyl sites for hydroxylation is 1. The summed E-state index contributed by atoms with van der Waals surface area (Å²) >= 11 is 0. The van der Waals surface area contributed by atoms with Gasteiger partial charge in [0, 0.05) is 37.7 Å². The minimum absolute atomic E-state index is 0.468. The Kier molecular flexibility index (Phi) is 3.67. The van der Waals surface area contributed by atoms with Crippen LogP contribution in [0.2, 0.25) is 0 Å². The average Bonchev–Trinajstić information content (AvgIpc) is 2.75. The fourth-order valence-electron chi connectivity index (χ4n) is 2.03. The van der Waals surface area contributed by atoms with Crippen molar-refractivity contribution >= 4 is 5.69 Å². The Morgan fingerprint density at radius 2 is 2.11 bits per heavy atom. The van der Waals surface area contributed by atoms with Crippen LogP contribution in [0.4, 0.5) is 5.69 Å². The van der Waals surface area contributed by atoms with E-state index < -0.39 is 6.10 Å². The van der Waals surface area contributed by atoms with Crippen molar-refractivity contribution in [3.05, 3.63) is 48.0 Å². The molecule has 18 heavy (non-hydrogen) atoms. The molecule has 1 atom stereocenters. The van der Waals surface area contributed by atoms with Crippen molar-refractivity contribution in [2.24, 2.45) is 7.05 Å². The minimum Gasteiger partial charge on any atom is -0.389 e. The standard InChI is InChI=1S/C14H19N3O/c1-11(18)12-6-4-5-7-13(12)17(3)10-14-15-8-9-16(14)2/h4-9,11,18H,10H2,1-3H3. The molecule has 0 aliphatic rings. The van der Waals surface area contributed by atoms with Crippen LogP contribution in [0.25, 0.3) is 0 Å². The molecule has 4 nitrogen and oxygen atoms in total. The van der Waals surface area contributed by atoms with Crippen LogP contribution < -0.4 is 4.90 Å². The monoisotopic (exact) mass is 245 g/mol. The molecule has 1 aromatic heterocycles. The molecule has 0 aliphatic carbocycles. The maximum atomic E-state index is 9.79. The first-order valence-electron chi connectivity index (χ1n) is 6.04. The Morgan fingerprint density at radius 1 is 1.39 bits per heavy atom. The molecule has 2 rings (SSSR count). The largest absolute Gasteiger partial charge is 0.389 e. The lowest BCUT2D eigenvalue weighted by molar-refractivity contribution is 0.199. The van der Waals surface area contributed by atoms with Gasteiger partial charge in [0.2, 0.25) is 0 Å². The summed E-state index contributed by atoms with van der Waals surface area (Å²) < 4.78 is 2.00. The number of hydrogen-bond acceptors (Lipinski definition) is 3. The van der Waals surface area contributed by atoms with Crippen molar-refractivity contribution < 1.29 is 5.11 Å². The number of hydrogen-bond donors (Lipinski definition) is 1. The average molecular weight is 245 g/mol. The molecule has 0 fully saturated rings.